The maximum Gasteiger partial charge on any atom is 0.0572 e. The fraction of sp³-hybridized carbons (Fsp3) is 1.00. The molecule has 0 aromatic rings. The van der Waals surface area contributed by atoms with Crippen molar-refractivity contribution in [3.63, 3.8) is 0 Å². The Bertz CT molecular complexity index is 461. The third-order valence-corrected chi connectivity index (χ3v) is 7.14. The predicted octanol–water partition coefficient (Wildman–Crippen LogP) is 0.899. The van der Waals surface area contributed by atoms with E-state index >= 15 is 0 Å². The molecule has 0 spiro atoms. The summed E-state index contributed by atoms with van der Waals surface area (Å²) in [7, 11) is 0. The molecule has 0 bridgehead atoms. The zero-order chi connectivity index (χ0) is 29.8. The molecule has 0 aromatic heterocycles. The minimum atomic E-state index is 0.238. The van der Waals surface area contributed by atoms with Crippen LogP contribution in [0.25, 0.3) is 0 Å². The summed E-state index contributed by atoms with van der Waals surface area (Å²) in [5.41, 5.74) is 23.6. The second kappa shape index (κ2) is 28.7. The zero-order valence-electron chi connectivity index (χ0n) is 26.9. The van der Waals surface area contributed by atoms with Gasteiger partial charge in [0.1, 0.15) is 0 Å². The molecule has 14 N–H and O–H groups in total. The molecule has 0 fully saturated rings. The van der Waals surface area contributed by atoms with E-state index in [1.807, 2.05) is 0 Å². The Kier molecular flexibility index (Phi) is 28.4. The first-order valence-electron chi connectivity index (χ1n) is 16.5. The standard InChI is InChI=1S/C30H72N10/c1-25(31)12-20-35-17-8-10-29(38-22-14-27(3)33)24-37-16-6-5-7-19-39-30(40-23-15-28(4)34)11-9-18-36-21-13-26(2)32/h25-30,35-40H,5-24,31-34H2,1-4H3. The summed E-state index contributed by atoms with van der Waals surface area (Å²) in [6.07, 6.45) is 12.7. The van der Waals surface area contributed by atoms with E-state index in [0.29, 0.717) is 12.2 Å². The van der Waals surface area contributed by atoms with Crippen molar-refractivity contribution in [1.82, 2.24) is 31.9 Å². The molecule has 242 valence electrons. The van der Waals surface area contributed by atoms with Crippen LogP contribution in [0.1, 0.15) is 98.3 Å². The zero-order valence-corrected chi connectivity index (χ0v) is 26.9. The molecule has 0 saturated carbocycles. The Balaban J connectivity index is 4.09. The van der Waals surface area contributed by atoms with Crippen LogP contribution in [-0.4, -0.2) is 95.3 Å². The minimum Gasteiger partial charge on any atom is -0.328 e. The number of rotatable bonds is 31. The van der Waals surface area contributed by atoms with Crippen molar-refractivity contribution in [3.05, 3.63) is 0 Å². The number of nitrogens with one attached hydrogen (secondary N) is 6. The molecule has 6 unspecified atom stereocenters. The molecule has 10 heteroatoms. The third kappa shape index (κ3) is 30.6. The third-order valence-electron chi connectivity index (χ3n) is 7.14. The van der Waals surface area contributed by atoms with E-state index in [4.69, 9.17) is 22.9 Å². The normalized spacial score (nSPS) is 16.5. The van der Waals surface area contributed by atoms with Crippen LogP contribution in [0.2, 0.25) is 0 Å². The van der Waals surface area contributed by atoms with Gasteiger partial charge in [0.2, 0.25) is 0 Å². The number of unbranched alkanes of at least 4 members (excludes halogenated alkanes) is 2. The van der Waals surface area contributed by atoms with Crippen molar-refractivity contribution in [3.8, 4) is 0 Å². The maximum atomic E-state index is 5.95. The highest BCUT2D eigenvalue weighted by Gasteiger charge is 2.09. The van der Waals surface area contributed by atoms with Gasteiger partial charge in [-0.2, -0.15) is 0 Å². The molecule has 0 amide bonds. The SMILES string of the molecule is CC(N)CCNCCCC(CNCCCCCNC(CCCNCCC(C)N)NCCC(C)N)NCCC(C)N. The van der Waals surface area contributed by atoms with Crippen LogP contribution in [0.5, 0.6) is 0 Å². The van der Waals surface area contributed by atoms with Crippen LogP contribution in [0, 0.1) is 0 Å². The van der Waals surface area contributed by atoms with Gasteiger partial charge in [-0.3, -0.25) is 0 Å². The molecular formula is C30H72N10. The van der Waals surface area contributed by atoms with E-state index in [0.717, 1.165) is 97.4 Å². The lowest BCUT2D eigenvalue weighted by Gasteiger charge is -2.21. The van der Waals surface area contributed by atoms with E-state index in [-0.39, 0.29) is 24.2 Å². The monoisotopic (exact) mass is 573 g/mol. The lowest BCUT2D eigenvalue weighted by Crippen LogP contribution is -2.44. The van der Waals surface area contributed by atoms with Gasteiger partial charge in [0.15, 0.2) is 0 Å². The Hall–Kier alpha value is -0.400. The maximum absolute atomic E-state index is 5.95. The second-order valence-electron chi connectivity index (χ2n) is 12.2. The number of hydrogen-bond acceptors (Lipinski definition) is 10. The Labute approximate surface area is 248 Å². The second-order valence-corrected chi connectivity index (χ2v) is 12.2. The first-order valence-corrected chi connectivity index (χ1v) is 16.5. The molecular weight excluding hydrogens is 500 g/mol. The number of hydrogen-bond donors (Lipinski definition) is 10. The van der Waals surface area contributed by atoms with E-state index in [1.54, 1.807) is 0 Å². The minimum absolute atomic E-state index is 0.238. The smallest absolute Gasteiger partial charge is 0.0572 e. The first kappa shape index (κ1) is 39.6. The van der Waals surface area contributed by atoms with Crippen molar-refractivity contribution < 1.29 is 0 Å². The molecule has 0 saturated heterocycles. The van der Waals surface area contributed by atoms with Crippen LogP contribution in [-0.2, 0) is 0 Å². The Morgan fingerprint density at radius 1 is 0.400 bits per heavy atom. The Morgan fingerprint density at radius 3 is 1.43 bits per heavy atom. The van der Waals surface area contributed by atoms with E-state index in [1.165, 1.54) is 32.1 Å². The van der Waals surface area contributed by atoms with Gasteiger partial charge in [-0.15, -0.1) is 0 Å². The van der Waals surface area contributed by atoms with Crippen LogP contribution < -0.4 is 54.8 Å². The van der Waals surface area contributed by atoms with Gasteiger partial charge in [0.05, 0.1) is 6.17 Å². The van der Waals surface area contributed by atoms with Gasteiger partial charge in [-0.05, 0) is 144 Å². The molecule has 0 rings (SSSR count). The quantitative estimate of drug-likeness (QED) is 0.0424. The van der Waals surface area contributed by atoms with Gasteiger partial charge in [0, 0.05) is 36.8 Å². The van der Waals surface area contributed by atoms with Crippen molar-refractivity contribution in [1.29, 1.82) is 0 Å². The largest absolute Gasteiger partial charge is 0.328 e. The summed E-state index contributed by atoms with van der Waals surface area (Å²) >= 11 is 0. The fourth-order valence-corrected chi connectivity index (χ4v) is 4.47. The average Bonchev–Trinajstić information content (AvgIpc) is 2.87. The highest BCUT2D eigenvalue weighted by atomic mass is 15.1. The summed E-state index contributed by atoms with van der Waals surface area (Å²) in [6, 6.07) is 1.51. The molecule has 40 heavy (non-hydrogen) atoms. The highest BCUT2D eigenvalue weighted by molar-refractivity contribution is 4.72. The van der Waals surface area contributed by atoms with Gasteiger partial charge in [-0.1, -0.05) is 6.42 Å². The summed E-state index contributed by atoms with van der Waals surface area (Å²) in [6.45, 7) is 17.4. The van der Waals surface area contributed by atoms with Crippen molar-refractivity contribution in [2.75, 3.05) is 58.9 Å². The number of nitrogens with two attached hydrogens (primary N) is 4. The lowest BCUT2D eigenvalue weighted by atomic mass is 10.1. The lowest BCUT2D eigenvalue weighted by molar-refractivity contribution is 0.375. The average molecular weight is 573 g/mol. The molecule has 0 heterocycles. The Morgan fingerprint density at radius 2 is 0.850 bits per heavy atom. The highest BCUT2D eigenvalue weighted by Crippen LogP contribution is 2.00. The fourth-order valence-electron chi connectivity index (χ4n) is 4.47. The van der Waals surface area contributed by atoms with Crippen molar-refractivity contribution >= 4 is 0 Å². The molecule has 6 atom stereocenters. The topological polar surface area (TPSA) is 176 Å². The molecule has 0 aliphatic heterocycles. The van der Waals surface area contributed by atoms with Crippen molar-refractivity contribution in [2.24, 2.45) is 22.9 Å². The van der Waals surface area contributed by atoms with Crippen LogP contribution >= 0.6 is 0 Å². The molecule has 0 aromatic carbocycles. The predicted molar refractivity (Wildman–Crippen MR) is 176 cm³/mol. The van der Waals surface area contributed by atoms with E-state index in [2.05, 4.69) is 59.6 Å². The van der Waals surface area contributed by atoms with Crippen LogP contribution in [0.4, 0.5) is 0 Å². The van der Waals surface area contributed by atoms with E-state index < -0.39 is 0 Å². The summed E-state index contributed by atoms with van der Waals surface area (Å²) in [5, 5.41) is 21.8. The van der Waals surface area contributed by atoms with E-state index in [9.17, 15) is 0 Å². The summed E-state index contributed by atoms with van der Waals surface area (Å²) in [5.74, 6) is 0. The molecule has 0 aliphatic rings. The van der Waals surface area contributed by atoms with Gasteiger partial charge < -0.3 is 54.8 Å². The molecule has 0 aliphatic carbocycles. The van der Waals surface area contributed by atoms with Gasteiger partial charge in [-0.25, -0.2) is 0 Å². The van der Waals surface area contributed by atoms with Crippen LogP contribution in [0.15, 0.2) is 0 Å². The molecule has 0 radical (unpaired) electrons. The van der Waals surface area contributed by atoms with Crippen LogP contribution in [0.3, 0.4) is 0 Å². The van der Waals surface area contributed by atoms with Gasteiger partial charge in [0.25, 0.3) is 0 Å². The summed E-state index contributed by atoms with van der Waals surface area (Å²) < 4.78 is 0. The first-order chi connectivity index (χ1) is 19.2. The summed E-state index contributed by atoms with van der Waals surface area (Å²) in [4.78, 5) is 0. The van der Waals surface area contributed by atoms with Crippen molar-refractivity contribution in [2.45, 2.75) is 135 Å². The van der Waals surface area contributed by atoms with Gasteiger partial charge >= 0.3 is 0 Å². The molecule has 10 nitrogen and oxygen atoms in total.